The van der Waals surface area contributed by atoms with E-state index in [0.29, 0.717) is 0 Å². The van der Waals surface area contributed by atoms with Gasteiger partial charge in [-0.25, -0.2) is 0 Å². The highest BCUT2D eigenvalue weighted by molar-refractivity contribution is 5.80. The average Bonchev–Trinajstić information content (AvgIpc) is 2.74. The van der Waals surface area contributed by atoms with Crippen molar-refractivity contribution < 1.29 is 4.74 Å². The van der Waals surface area contributed by atoms with Gasteiger partial charge in [0, 0.05) is 57.6 Å². The zero-order valence-electron chi connectivity index (χ0n) is 16.3. The fraction of sp³-hybridized carbons (Fsp3) is 0.429. The number of guanidine groups is 1. The highest BCUT2D eigenvalue weighted by atomic mass is 16.5. The number of piperazine rings is 1. The van der Waals surface area contributed by atoms with Crippen LogP contribution < -0.4 is 15.0 Å². The van der Waals surface area contributed by atoms with E-state index in [1.165, 1.54) is 0 Å². The van der Waals surface area contributed by atoms with Gasteiger partial charge in [-0.3, -0.25) is 9.98 Å². The number of aliphatic imine (C=N–C) groups is 1. The largest absolute Gasteiger partial charge is 0.495 e. The molecule has 0 spiro atoms. The summed E-state index contributed by atoms with van der Waals surface area (Å²) >= 11 is 0. The van der Waals surface area contributed by atoms with Crippen LogP contribution in [0.5, 0.6) is 5.75 Å². The SMILES string of the molecule is CCNC(=NCCc1ccccn1)N1CCN(c2ccccc2OC)CC1. The number of pyridine rings is 1. The standard InChI is InChI=1S/C21H29N5O/c1-3-22-21(24-13-11-18-8-6-7-12-23-18)26-16-14-25(15-17-26)19-9-4-5-10-20(19)27-2/h4-10,12H,3,11,13-17H2,1-2H3,(H,22,24). The Balaban J connectivity index is 1.58. The maximum Gasteiger partial charge on any atom is 0.194 e. The fourth-order valence-corrected chi connectivity index (χ4v) is 3.30. The van der Waals surface area contributed by atoms with E-state index in [2.05, 4.69) is 45.2 Å². The van der Waals surface area contributed by atoms with E-state index in [1.807, 2.05) is 30.5 Å². The fourth-order valence-electron chi connectivity index (χ4n) is 3.30. The maximum absolute atomic E-state index is 5.51. The van der Waals surface area contributed by atoms with Gasteiger partial charge in [-0.15, -0.1) is 0 Å². The third-order valence-corrected chi connectivity index (χ3v) is 4.70. The summed E-state index contributed by atoms with van der Waals surface area (Å²) in [5.74, 6) is 1.93. The molecule has 1 N–H and O–H groups in total. The number of hydrogen-bond donors (Lipinski definition) is 1. The minimum atomic E-state index is 0.742. The molecule has 0 aliphatic carbocycles. The van der Waals surface area contributed by atoms with Gasteiger partial charge < -0.3 is 19.9 Å². The van der Waals surface area contributed by atoms with E-state index in [-0.39, 0.29) is 0 Å². The molecule has 2 aromatic rings. The van der Waals surface area contributed by atoms with Crippen molar-refractivity contribution in [2.45, 2.75) is 13.3 Å². The topological polar surface area (TPSA) is 53.0 Å². The van der Waals surface area contributed by atoms with Crippen LogP contribution >= 0.6 is 0 Å². The Hall–Kier alpha value is -2.76. The lowest BCUT2D eigenvalue weighted by Crippen LogP contribution is -2.52. The summed E-state index contributed by atoms with van der Waals surface area (Å²) < 4.78 is 5.51. The lowest BCUT2D eigenvalue weighted by Gasteiger charge is -2.38. The molecule has 1 aromatic carbocycles. The zero-order valence-corrected chi connectivity index (χ0v) is 16.3. The van der Waals surface area contributed by atoms with E-state index < -0.39 is 0 Å². The van der Waals surface area contributed by atoms with Crippen molar-refractivity contribution in [3.05, 3.63) is 54.4 Å². The molecule has 1 aliphatic rings. The molecule has 27 heavy (non-hydrogen) atoms. The smallest absolute Gasteiger partial charge is 0.194 e. The molecule has 3 rings (SSSR count). The Kier molecular flexibility index (Phi) is 6.90. The number of nitrogens with one attached hydrogen (secondary N) is 1. The summed E-state index contributed by atoms with van der Waals surface area (Å²) in [5.41, 5.74) is 2.25. The molecule has 0 saturated carbocycles. The maximum atomic E-state index is 5.51. The van der Waals surface area contributed by atoms with Gasteiger partial charge in [0.1, 0.15) is 5.75 Å². The highest BCUT2D eigenvalue weighted by Gasteiger charge is 2.21. The van der Waals surface area contributed by atoms with Gasteiger partial charge in [-0.05, 0) is 31.2 Å². The summed E-state index contributed by atoms with van der Waals surface area (Å²) in [4.78, 5) is 13.9. The number of methoxy groups -OCH3 is 1. The van der Waals surface area contributed by atoms with Crippen LogP contribution in [-0.2, 0) is 6.42 Å². The molecule has 0 atom stereocenters. The first-order valence-corrected chi connectivity index (χ1v) is 9.63. The highest BCUT2D eigenvalue weighted by Crippen LogP contribution is 2.28. The normalized spacial score (nSPS) is 15.0. The Morgan fingerprint density at radius 2 is 1.89 bits per heavy atom. The number of ether oxygens (including phenoxy) is 1. The molecular weight excluding hydrogens is 338 g/mol. The second kappa shape index (κ2) is 9.80. The van der Waals surface area contributed by atoms with Gasteiger partial charge in [0.05, 0.1) is 12.8 Å². The molecule has 0 radical (unpaired) electrons. The van der Waals surface area contributed by atoms with E-state index in [1.54, 1.807) is 7.11 Å². The third-order valence-electron chi connectivity index (χ3n) is 4.70. The van der Waals surface area contributed by atoms with Crippen LogP contribution in [0.3, 0.4) is 0 Å². The van der Waals surface area contributed by atoms with Crippen LogP contribution in [0, 0.1) is 0 Å². The predicted molar refractivity (Wildman–Crippen MR) is 111 cm³/mol. The van der Waals surface area contributed by atoms with Crippen molar-refractivity contribution >= 4 is 11.6 Å². The van der Waals surface area contributed by atoms with Crippen molar-refractivity contribution in [3.8, 4) is 5.75 Å². The van der Waals surface area contributed by atoms with Crippen molar-refractivity contribution in [1.82, 2.24) is 15.2 Å². The lowest BCUT2D eigenvalue weighted by atomic mass is 10.2. The zero-order chi connectivity index (χ0) is 18.9. The first kappa shape index (κ1) is 19.0. The monoisotopic (exact) mass is 367 g/mol. The van der Waals surface area contributed by atoms with Gasteiger partial charge in [0.2, 0.25) is 0 Å². The minimum absolute atomic E-state index is 0.742. The van der Waals surface area contributed by atoms with Crippen LogP contribution in [0.25, 0.3) is 0 Å². The predicted octanol–water partition coefficient (Wildman–Crippen LogP) is 2.42. The Morgan fingerprint density at radius 1 is 1.11 bits per heavy atom. The molecule has 2 heterocycles. The molecule has 1 saturated heterocycles. The number of para-hydroxylation sites is 2. The first-order chi connectivity index (χ1) is 13.3. The molecule has 1 aliphatic heterocycles. The molecule has 1 aromatic heterocycles. The third kappa shape index (κ3) is 5.12. The quantitative estimate of drug-likeness (QED) is 0.628. The van der Waals surface area contributed by atoms with E-state index >= 15 is 0 Å². The van der Waals surface area contributed by atoms with Gasteiger partial charge in [0.25, 0.3) is 0 Å². The van der Waals surface area contributed by atoms with Gasteiger partial charge in [-0.2, -0.15) is 0 Å². The molecular formula is C21H29N5O. The molecule has 6 nitrogen and oxygen atoms in total. The van der Waals surface area contributed by atoms with Crippen LogP contribution in [-0.4, -0.2) is 62.2 Å². The summed E-state index contributed by atoms with van der Waals surface area (Å²) in [6, 6.07) is 14.2. The van der Waals surface area contributed by atoms with Crippen molar-refractivity contribution in [3.63, 3.8) is 0 Å². The van der Waals surface area contributed by atoms with Gasteiger partial charge >= 0.3 is 0 Å². The van der Waals surface area contributed by atoms with E-state index in [4.69, 9.17) is 9.73 Å². The summed E-state index contributed by atoms with van der Waals surface area (Å²) in [6.07, 6.45) is 2.69. The summed E-state index contributed by atoms with van der Waals surface area (Å²) in [6.45, 7) is 7.50. The molecule has 0 unspecified atom stereocenters. The number of nitrogens with zero attached hydrogens (tertiary/aromatic N) is 4. The van der Waals surface area contributed by atoms with Crippen LogP contribution in [0.1, 0.15) is 12.6 Å². The molecule has 144 valence electrons. The van der Waals surface area contributed by atoms with Crippen molar-refractivity contribution in [2.75, 3.05) is 51.3 Å². The number of rotatable bonds is 6. The minimum Gasteiger partial charge on any atom is -0.495 e. The van der Waals surface area contributed by atoms with Crippen LogP contribution in [0.15, 0.2) is 53.7 Å². The molecule has 0 amide bonds. The van der Waals surface area contributed by atoms with Crippen molar-refractivity contribution in [2.24, 2.45) is 4.99 Å². The number of anilines is 1. The molecule has 6 heteroatoms. The Morgan fingerprint density at radius 3 is 2.59 bits per heavy atom. The van der Waals surface area contributed by atoms with Crippen LogP contribution in [0.2, 0.25) is 0 Å². The van der Waals surface area contributed by atoms with Crippen molar-refractivity contribution in [1.29, 1.82) is 0 Å². The number of benzene rings is 1. The Bertz CT molecular complexity index is 726. The Labute approximate surface area is 161 Å². The number of aromatic nitrogens is 1. The average molecular weight is 367 g/mol. The van der Waals surface area contributed by atoms with Gasteiger partial charge in [-0.1, -0.05) is 18.2 Å². The van der Waals surface area contributed by atoms with Crippen LogP contribution in [0.4, 0.5) is 5.69 Å². The molecule has 1 fully saturated rings. The van der Waals surface area contributed by atoms with E-state index in [0.717, 1.165) is 68.8 Å². The molecule has 0 bridgehead atoms. The second-order valence-electron chi connectivity index (χ2n) is 6.45. The van der Waals surface area contributed by atoms with E-state index in [9.17, 15) is 0 Å². The summed E-state index contributed by atoms with van der Waals surface area (Å²) in [7, 11) is 1.73. The number of hydrogen-bond acceptors (Lipinski definition) is 4. The lowest BCUT2D eigenvalue weighted by molar-refractivity contribution is 0.367. The first-order valence-electron chi connectivity index (χ1n) is 9.63. The second-order valence-corrected chi connectivity index (χ2v) is 6.45. The van der Waals surface area contributed by atoms with Gasteiger partial charge in [0.15, 0.2) is 5.96 Å². The summed E-state index contributed by atoms with van der Waals surface area (Å²) in [5, 5.41) is 3.43.